The number of rotatable bonds is 3. The minimum absolute atomic E-state index is 0.169. The zero-order valence-electron chi connectivity index (χ0n) is 10.4. The van der Waals surface area contributed by atoms with Gasteiger partial charge in [0.1, 0.15) is 5.69 Å². The molecule has 0 bridgehead atoms. The molecule has 0 amide bonds. The molecule has 0 aliphatic carbocycles. The molecule has 3 rings (SSSR count). The van der Waals surface area contributed by atoms with E-state index >= 15 is 0 Å². The maximum atomic E-state index is 11.0. The lowest BCUT2D eigenvalue weighted by molar-refractivity contribution is 0.111. The van der Waals surface area contributed by atoms with Crippen molar-refractivity contribution in [3.8, 4) is 0 Å². The van der Waals surface area contributed by atoms with Gasteiger partial charge in [0, 0.05) is 25.2 Å². The monoisotopic (exact) mass is 254 g/mol. The molecule has 0 saturated heterocycles. The van der Waals surface area contributed by atoms with Crippen LogP contribution in [0.2, 0.25) is 0 Å². The first-order valence-corrected chi connectivity index (χ1v) is 6.13. The van der Waals surface area contributed by atoms with Crippen LogP contribution in [0.5, 0.6) is 0 Å². The van der Waals surface area contributed by atoms with Crippen LogP contribution in [0.4, 0.5) is 5.95 Å². The van der Waals surface area contributed by atoms with Crippen molar-refractivity contribution in [2.24, 2.45) is 0 Å². The number of hydrogen-bond acceptors (Lipinski definition) is 5. The molecule has 0 unspecified atom stereocenters. The number of nitrogens with two attached hydrogens (primary N) is 1. The Labute approximate surface area is 111 Å². The van der Waals surface area contributed by atoms with Crippen molar-refractivity contribution >= 4 is 12.2 Å². The van der Waals surface area contributed by atoms with E-state index in [4.69, 9.17) is 5.73 Å². The summed E-state index contributed by atoms with van der Waals surface area (Å²) in [5.74, 6) is 0.169. The second-order valence-electron chi connectivity index (χ2n) is 4.64. The summed E-state index contributed by atoms with van der Waals surface area (Å²) in [6, 6.07) is 10.2. The first-order valence-electron chi connectivity index (χ1n) is 6.13. The highest BCUT2D eigenvalue weighted by atomic mass is 16.1. The van der Waals surface area contributed by atoms with Gasteiger partial charge >= 0.3 is 0 Å². The molecular formula is C14H14N4O. The van der Waals surface area contributed by atoms with Crippen LogP contribution in [0.1, 0.15) is 27.3 Å². The van der Waals surface area contributed by atoms with Crippen molar-refractivity contribution < 1.29 is 4.79 Å². The lowest BCUT2D eigenvalue weighted by Crippen LogP contribution is -2.15. The average molecular weight is 254 g/mol. The van der Waals surface area contributed by atoms with E-state index in [0.717, 1.165) is 24.1 Å². The van der Waals surface area contributed by atoms with Gasteiger partial charge < -0.3 is 5.73 Å². The zero-order valence-corrected chi connectivity index (χ0v) is 10.4. The highest BCUT2D eigenvalue weighted by molar-refractivity contribution is 5.75. The Balaban J connectivity index is 1.82. The van der Waals surface area contributed by atoms with Crippen molar-refractivity contribution in [3.63, 3.8) is 0 Å². The van der Waals surface area contributed by atoms with Crippen LogP contribution in [0.25, 0.3) is 0 Å². The van der Waals surface area contributed by atoms with Crippen molar-refractivity contribution in [3.05, 3.63) is 52.8 Å². The van der Waals surface area contributed by atoms with Gasteiger partial charge in [0.25, 0.3) is 0 Å². The van der Waals surface area contributed by atoms with E-state index in [-0.39, 0.29) is 5.95 Å². The molecule has 1 aliphatic heterocycles. The van der Waals surface area contributed by atoms with Gasteiger partial charge in [-0.25, -0.2) is 9.97 Å². The molecule has 0 atom stereocenters. The molecule has 0 spiro atoms. The van der Waals surface area contributed by atoms with Gasteiger partial charge in [-0.3, -0.25) is 9.69 Å². The fraction of sp³-hybridized carbons (Fsp3) is 0.214. The van der Waals surface area contributed by atoms with Gasteiger partial charge in [-0.15, -0.1) is 0 Å². The van der Waals surface area contributed by atoms with Gasteiger partial charge in [-0.1, -0.05) is 30.3 Å². The number of nitrogen functional groups attached to an aromatic ring is 1. The lowest BCUT2D eigenvalue weighted by Gasteiger charge is -2.14. The number of anilines is 1. The maximum Gasteiger partial charge on any atom is 0.220 e. The predicted octanol–water partition coefficient (Wildman–Crippen LogP) is 1.39. The highest BCUT2D eigenvalue weighted by Crippen LogP contribution is 2.24. The second kappa shape index (κ2) is 4.78. The summed E-state index contributed by atoms with van der Waals surface area (Å²) >= 11 is 0. The summed E-state index contributed by atoms with van der Waals surface area (Å²) in [6.45, 7) is 2.23. The number of hydrogen-bond donors (Lipinski definition) is 1. The van der Waals surface area contributed by atoms with E-state index in [9.17, 15) is 4.79 Å². The first-order chi connectivity index (χ1) is 9.26. The summed E-state index contributed by atoms with van der Waals surface area (Å²) in [4.78, 5) is 21.4. The summed E-state index contributed by atoms with van der Waals surface area (Å²) in [5, 5.41) is 0. The molecule has 5 nitrogen and oxygen atoms in total. The molecule has 5 heteroatoms. The number of carbonyl (C=O) groups is 1. The van der Waals surface area contributed by atoms with E-state index < -0.39 is 0 Å². The van der Waals surface area contributed by atoms with E-state index in [1.807, 2.05) is 18.2 Å². The van der Waals surface area contributed by atoms with Crippen LogP contribution >= 0.6 is 0 Å². The number of fused-ring (bicyclic) bond motifs is 1. The molecule has 1 aromatic heterocycles. The van der Waals surface area contributed by atoms with Crippen LogP contribution < -0.4 is 5.73 Å². The van der Waals surface area contributed by atoms with Crippen molar-refractivity contribution in [1.82, 2.24) is 14.9 Å². The molecular weight excluding hydrogens is 240 g/mol. The third-order valence-electron chi connectivity index (χ3n) is 3.26. The normalized spacial score (nSPS) is 14.3. The highest BCUT2D eigenvalue weighted by Gasteiger charge is 2.24. The maximum absolute atomic E-state index is 11.0. The number of benzene rings is 1. The minimum atomic E-state index is 0.169. The molecule has 1 aliphatic rings. The van der Waals surface area contributed by atoms with Crippen molar-refractivity contribution in [2.45, 2.75) is 19.6 Å². The molecule has 96 valence electrons. The molecule has 2 aromatic rings. The fourth-order valence-electron chi connectivity index (χ4n) is 2.41. The fourth-order valence-corrected chi connectivity index (χ4v) is 2.41. The van der Waals surface area contributed by atoms with Gasteiger partial charge in [0.2, 0.25) is 5.95 Å². The van der Waals surface area contributed by atoms with Gasteiger partial charge in [0.15, 0.2) is 6.29 Å². The van der Waals surface area contributed by atoms with Crippen molar-refractivity contribution in [2.75, 3.05) is 5.73 Å². The molecule has 2 heterocycles. The van der Waals surface area contributed by atoms with Gasteiger partial charge in [0.05, 0.1) is 5.69 Å². The van der Waals surface area contributed by atoms with Crippen LogP contribution in [0.15, 0.2) is 30.3 Å². The predicted molar refractivity (Wildman–Crippen MR) is 71.2 cm³/mol. The van der Waals surface area contributed by atoms with Gasteiger partial charge in [-0.05, 0) is 5.56 Å². The van der Waals surface area contributed by atoms with E-state index in [2.05, 4.69) is 27.0 Å². The van der Waals surface area contributed by atoms with Crippen LogP contribution in [-0.4, -0.2) is 21.2 Å². The molecule has 19 heavy (non-hydrogen) atoms. The topological polar surface area (TPSA) is 72.1 Å². The Bertz CT molecular complexity index is 612. The van der Waals surface area contributed by atoms with Crippen LogP contribution in [0, 0.1) is 0 Å². The second-order valence-corrected chi connectivity index (χ2v) is 4.64. The van der Waals surface area contributed by atoms with E-state index in [1.54, 1.807) is 0 Å². The van der Waals surface area contributed by atoms with Crippen molar-refractivity contribution in [1.29, 1.82) is 0 Å². The molecule has 0 radical (unpaired) electrons. The Kier molecular flexibility index (Phi) is 2.97. The average Bonchev–Trinajstić information content (AvgIpc) is 2.81. The van der Waals surface area contributed by atoms with Crippen LogP contribution in [-0.2, 0) is 19.6 Å². The summed E-state index contributed by atoms with van der Waals surface area (Å²) in [6.07, 6.45) is 0.753. The van der Waals surface area contributed by atoms with E-state index in [1.165, 1.54) is 5.56 Å². The zero-order chi connectivity index (χ0) is 13.2. The minimum Gasteiger partial charge on any atom is -0.368 e. The number of nitrogens with zero attached hydrogens (tertiary/aromatic N) is 3. The summed E-state index contributed by atoms with van der Waals surface area (Å²) in [7, 11) is 0. The number of carbonyl (C=O) groups excluding carboxylic acids is 1. The quantitative estimate of drug-likeness (QED) is 0.838. The Morgan fingerprint density at radius 2 is 2.00 bits per heavy atom. The Morgan fingerprint density at radius 1 is 1.21 bits per heavy atom. The molecule has 2 N–H and O–H groups in total. The standard InChI is InChI=1S/C14H14N4O/c15-14-16-12-8-18(6-10-4-2-1-3-5-10)7-11(12)13(9-19)17-14/h1-5,9H,6-8H2,(H2,15,16,17). The molecule has 0 fully saturated rings. The Morgan fingerprint density at radius 3 is 2.74 bits per heavy atom. The molecule has 1 aromatic carbocycles. The first kappa shape index (κ1) is 11.8. The third kappa shape index (κ3) is 2.32. The lowest BCUT2D eigenvalue weighted by atomic mass is 10.2. The summed E-state index contributed by atoms with van der Waals surface area (Å²) in [5.41, 5.74) is 9.03. The Hall–Kier alpha value is -2.27. The molecule has 0 saturated carbocycles. The SMILES string of the molecule is Nc1nc(C=O)c2c(n1)CN(Cc1ccccc1)C2. The smallest absolute Gasteiger partial charge is 0.220 e. The van der Waals surface area contributed by atoms with E-state index in [0.29, 0.717) is 18.8 Å². The van der Waals surface area contributed by atoms with Crippen LogP contribution in [0.3, 0.4) is 0 Å². The summed E-state index contributed by atoms with van der Waals surface area (Å²) < 4.78 is 0. The number of aromatic nitrogens is 2. The number of aldehydes is 1. The van der Waals surface area contributed by atoms with Gasteiger partial charge in [-0.2, -0.15) is 0 Å². The third-order valence-corrected chi connectivity index (χ3v) is 3.26. The largest absolute Gasteiger partial charge is 0.368 e.